The maximum atomic E-state index is 3.71. The highest BCUT2D eigenvalue weighted by atomic mass is 79.9. The first-order valence-corrected chi connectivity index (χ1v) is 3.25. The second kappa shape index (κ2) is 3.25. The molecule has 0 rings (SSSR count). The number of hydrogen-bond donors (Lipinski definition) is 0. The van der Waals surface area contributed by atoms with Gasteiger partial charge < -0.3 is 0 Å². The van der Waals surface area contributed by atoms with Crippen LogP contribution in [-0.2, 0) is 0 Å². The molecule has 7 heavy (non-hydrogen) atoms. The molecule has 1 heteroatoms. The molecule has 0 nitrogen and oxygen atoms in total. The van der Waals surface area contributed by atoms with Crippen molar-refractivity contribution in [2.24, 2.45) is 5.92 Å². The molecular formula is C6H11Br. The maximum absolute atomic E-state index is 3.71. The van der Waals surface area contributed by atoms with E-state index in [0.29, 0.717) is 0 Å². The molecule has 0 saturated carbocycles. The third kappa shape index (κ3) is 6.22. The zero-order valence-corrected chi connectivity index (χ0v) is 6.46. The van der Waals surface area contributed by atoms with Crippen LogP contribution in [0.4, 0.5) is 0 Å². The van der Waals surface area contributed by atoms with Crippen molar-refractivity contribution >= 4 is 15.9 Å². The van der Waals surface area contributed by atoms with Crippen LogP contribution >= 0.6 is 15.9 Å². The van der Waals surface area contributed by atoms with Gasteiger partial charge in [0.15, 0.2) is 0 Å². The van der Waals surface area contributed by atoms with Crippen molar-refractivity contribution in [2.45, 2.75) is 20.3 Å². The van der Waals surface area contributed by atoms with Gasteiger partial charge in [-0.15, -0.1) is 0 Å². The molecule has 0 aliphatic rings. The molecule has 0 aromatic rings. The van der Waals surface area contributed by atoms with E-state index in [-0.39, 0.29) is 0 Å². The Kier molecular flexibility index (Phi) is 3.35. The molecule has 0 aliphatic carbocycles. The minimum Gasteiger partial charge on any atom is -0.0889 e. The summed E-state index contributed by atoms with van der Waals surface area (Å²) < 4.78 is 1.10. The minimum atomic E-state index is 0.729. The van der Waals surface area contributed by atoms with Crippen molar-refractivity contribution in [1.29, 1.82) is 0 Å². The van der Waals surface area contributed by atoms with E-state index < -0.39 is 0 Å². The Labute approximate surface area is 53.7 Å². The lowest BCUT2D eigenvalue weighted by Crippen LogP contribution is -1.83. The Morgan fingerprint density at radius 2 is 2.14 bits per heavy atom. The van der Waals surface area contributed by atoms with Crippen molar-refractivity contribution in [3.05, 3.63) is 11.1 Å². The largest absolute Gasteiger partial charge is 0.0889 e. The van der Waals surface area contributed by atoms with Crippen LogP contribution in [0.3, 0.4) is 0 Å². The van der Waals surface area contributed by atoms with Crippen LogP contribution in [0.1, 0.15) is 20.3 Å². The summed E-state index contributed by atoms with van der Waals surface area (Å²) in [7, 11) is 0. The smallest absolute Gasteiger partial charge is 0.0119 e. The van der Waals surface area contributed by atoms with E-state index >= 15 is 0 Å². The first-order chi connectivity index (χ1) is 3.13. The van der Waals surface area contributed by atoms with Gasteiger partial charge in [-0.05, 0) is 16.8 Å². The summed E-state index contributed by atoms with van der Waals surface area (Å²) in [6.45, 7) is 8.06. The maximum Gasteiger partial charge on any atom is -0.0119 e. The third-order valence-electron chi connectivity index (χ3n) is 0.630. The van der Waals surface area contributed by atoms with E-state index in [0.717, 1.165) is 16.8 Å². The van der Waals surface area contributed by atoms with Crippen LogP contribution in [0, 0.1) is 5.92 Å². The van der Waals surface area contributed by atoms with Gasteiger partial charge in [-0.3, -0.25) is 0 Å². The van der Waals surface area contributed by atoms with E-state index in [9.17, 15) is 0 Å². The lowest BCUT2D eigenvalue weighted by atomic mass is 10.1. The fourth-order valence-electron chi connectivity index (χ4n) is 0.443. The van der Waals surface area contributed by atoms with Gasteiger partial charge in [0, 0.05) is 0 Å². The van der Waals surface area contributed by atoms with Gasteiger partial charge in [-0.25, -0.2) is 0 Å². The zero-order valence-electron chi connectivity index (χ0n) is 4.87. The highest BCUT2D eigenvalue weighted by Crippen LogP contribution is 2.12. The van der Waals surface area contributed by atoms with Gasteiger partial charge in [0.25, 0.3) is 0 Å². The molecular weight excluding hydrogens is 152 g/mol. The van der Waals surface area contributed by atoms with Crippen LogP contribution in [0.5, 0.6) is 0 Å². The quantitative estimate of drug-likeness (QED) is 0.587. The second-order valence-electron chi connectivity index (χ2n) is 2.12. The molecule has 0 bridgehead atoms. The van der Waals surface area contributed by atoms with E-state index in [1.807, 2.05) is 0 Å². The zero-order chi connectivity index (χ0) is 5.86. The monoisotopic (exact) mass is 162 g/mol. The Morgan fingerprint density at radius 3 is 2.14 bits per heavy atom. The van der Waals surface area contributed by atoms with Crippen molar-refractivity contribution in [3.63, 3.8) is 0 Å². The van der Waals surface area contributed by atoms with Crippen molar-refractivity contribution < 1.29 is 0 Å². The number of allylic oxidation sites excluding steroid dienone is 1. The summed E-state index contributed by atoms with van der Waals surface area (Å²) in [6.07, 6.45) is 1.08. The summed E-state index contributed by atoms with van der Waals surface area (Å²) in [4.78, 5) is 0. The number of hydrogen-bond acceptors (Lipinski definition) is 0. The van der Waals surface area contributed by atoms with Crippen LogP contribution in [0.15, 0.2) is 11.1 Å². The van der Waals surface area contributed by atoms with Crippen molar-refractivity contribution in [1.82, 2.24) is 0 Å². The van der Waals surface area contributed by atoms with E-state index in [1.54, 1.807) is 0 Å². The van der Waals surface area contributed by atoms with Gasteiger partial charge in [-0.1, -0.05) is 36.4 Å². The highest BCUT2D eigenvalue weighted by molar-refractivity contribution is 9.11. The van der Waals surface area contributed by atoms with Crippen molar-refractivity contribution in [3.8, 4) is 0 Å². The Bertz CT molecular complexity index is 64.6. The highest BCUT2D eigenvalue weighted by Gasteiger charge is 1.91. The fraction of sp³-hybridized carbons (Fsp3) is 0.667. The lowest BCUT2D eigenvalue weighted by molar-refractivity contribution is 0.661. The predicted octanol–water partition coefficient (Wildman–Crippen LogP) is 2.94. The molecule has 42 valence electrons. The molecule has 0 fully saturated rings. The molecule has 0 spiro atoms. The Hall–Kier alpha value is 0.220. The van der Waals surface area contributed by atoms with Gasteiger partial charge >= 0.3 is 0 Å². The van der Waals surface area contributed by atoms with Crippen LogP contribution in [-0.4, -0.2) is 0 Å². The second-order valence-corrected chi connectivity index (χ2v) is 3.24. The summed E-state index contributed by atoms with van der Waals surface area (Å²) in [5, 5.41) is 0. The normalized spacial score (nSPS) is 9.71. The van der Waals surface area contributed by atoms with E-state index in [1.165, 1.54) is 0 Å². The molecule has 0 N–H and O–H groups in total. The summed E-state index contributed by atoms with van der Waals surface area (Å²) >= 11 is 3.28. The summed E-state index contributed by atoms with van der Waals surface area (Å²) in [5.74, 6) is 0.729. The predicted molar refractivity (Wildman–Crippen MR) is 37.5 cm³/mol. The standard InChI is InChI=1S/C6H11Br/c1-5(2)4-6(3)7/h5H,3-4H2,1-2H3. The molecule has 0 radical (unpaired) electrons. The van der Waals surface area contributed by atoms with Gasteiger partial charge in [0.2, 0.25) is 0 Å². The molecule has 0 aromatic heterocycles. The van der Waals surface area contributed by atoms with Crippen LogP contribution < -0.4 is 0 Å². The summed E-state index contributed by atoms with van der Waals surface area (Å²) in [5.41, 5.74) is 0. The first-order valence-electron chi connectivity index (χ1n) is 2.46. The molecule has 0 aliphatic heterocycles. The Morgan fingerprint density at radius 1 is 1.71 bits per heavy atom. The summed E-state index contributed by atoms with van der Waals surface area (Å²) in [6, 6.07) is 0. The average Bonchev–Trinajstić information content (AvgIpc) is 1.27. The van der Waals surface area contributed by atoms with Gasteiger partial charge in [-0.2, -0.15) is 0 Å². The SMILES string of the molecule is C=C(Br)CC(C)C. The van der Waals surface area contributed by atoms with Gasteiger partial charge in [0.1, 0.15) is 0 Å². The molecule has 0 atom stereocenters. The molecule has 0 aromatic carbocycles. The topological polar surface area (TPSA) is 0 Å². The number of halogens is 1. The van der Waals surface area contributed by atoms with Crippen LogP contribution in [0.2, 0.25) is 0 Å². The fourth-order valence-corrected chi connectivity index (χ4v) is 1.09. The minimum absolute atomic E-state index is 0.729. The van der Waals surface area contributed by atoms with E-state index in [2.05, 4.69) is 36.4 Å². The van der Waals surface area contributed by atoms with Gasteiger partial charge in [0.05, 0.1) is 0 Å². The molecule has 0 amide bonds. The van der Waals surface area contributed by atoms with E-state index in [4.69, 9.17) is 0 Å². The number of rotatable bonds is 2. The molecule has 0 unspecified atom stereocenters. The third-order valence-corrected chi connectivity index (χ3v) is 0.953. The Balaban J connectivity index is 3.13. The molecule has 0 heterocycles. The average molecular weight is 163 g/mol. The first kappa shape index (κ1) is 7.22. The lowest BCUT2D eigenvalue weighted by Gasteiger charge is -1.98. The molecule has 0 saturated heterocycles. The van der Waals surface area contributed by atoms with Crippen LogP contribution in [0.25, 0.3) is 0 Å². The van der Waals surface area contributed by atoms with Crippen molar-refractivity contribution in [2.75, 3.05) is 0 Å².